The Labute approximate surface area is 131 Å². The lowest BCUT2D eigenvalue weighted by atomic mass is 10.3. The molecule has 0 aliphatic carbocycles. The van der Waals surface area contributed by atoms with Crippen molar-refractivity contribution in [3.63, 3.8) is 0 Å². The summed E-state index contributed by atoms with van der Waals surface area (Å²) in [5.41, 5.74) is 8.44. The highest BCUT2D eigenvalue weighted by Gasteiger charge is 2.08. The van der Waals surface area contributed by atoms with Crippen molar-refractivity contribution in [2.24, 2.45) is 0 Å². The van der Waals surface area contributed by atoms with Crippen molar-refractivity contribution in [1.82, 2.24) is 9.97 Å². The summed E-state index contributed by atoms with van der Waals surface area (Å²) in [4.78, 5) is 8.72. The van der Waals surface area contributed by atoms with Crippen LogP contribution in [0.3, 0.4) is 0 Å². The van der Waals surface area contributed by atoms with E-state index in [9.17, 15) is 0 Å². The van der Waals surface area contributed by atoms with Crippen molar-refractivity contribution in [3.8, 4) is 5.75 Å². The van der Waals surface area contributed by atoms with Gasteiger partial charge in [0.15, 0.2) is 5.16 Å². The van der Waals surface area contributed by atoms with Gasteiger partial charge >= 0.3 is 0 Å². The van der Waals surface area contributed by atoms with Gasteiger partial charge in [0, 0.05) is 21.7 Å². The van der Waals surface area contributed by atoms with E-state index >= 15 is 0 Å². The number of fused-ring (bicyclic) bond motifs is 1. The molecule has 3 N–H and O–H groups in total. The van der Waals surface area contributed by atoms with Gasteiger partial charge in [-0.3, -0.25) is 0 Å². The van der Waals surface area contributed by atoms with E-state index in [0.717, 1.165) is 26.8 Å². The summed E-state index contributed by atoms with van der Waals surface area (Å²) < 4.78 is 5.48. The minimum atomic E-state index is 0.628. The Morgan fingerprint density at radius 1 is 1.29 bits per heavy atom. The topological polar surface area (TPSA) is 63.9 Å². The quantitative estimate of drug-likeness (QED) is 0.702. The number of rotatable bonds is 4. The van der Waals surface area contributed by atoms with Gasteiger partial charge in [0.1, 0.15) is 5.75 Å². The van der Waals surface area contributed by atoms with Crippen LogP contribution in [-0.4, -0.2) is 16.6 Å². The third-order valence-electron chi connectivity index (χ3n) is 2.92. The number of nitrogens with two attached hydrogens (primary N) is 1. The van der Waals surface area contributed by atoms with Crippen LogP contribution >= 0.6 is 23.4 Å². The van der Waals surface area contributed by atoms with Gasteiger partial charge in [-0.15, -0.1) is 0 Å². The molecule has 0 saturated heterocycles. The SMILES string of the molecule is CCOc1ccc2nc(Sc3ccc(Cl)cc3N)[nH]c2c1. The molecule has 21 heavy (non-hydrogen) atoms. The van der Waals surface area contributed by atoms with Crippen LogP contribution < -0.4 is 10.5 Å². The third kappa shape index (κ3) is 3.09. The Morgan fingerprint density at radius 3 is 2.90 bits per heavy atom. The summed E-state index contributed by atoms with van der Waals surface area (Å²) in [6, 6.07) is 11.2. The largest absolute Gasteiger partial charge is 0.494 e. The Morgan fingerprint density at radius 2 is 2.14 bits per heavy atom. The highest BCUT2D eigenvalue weighted by Crippen LogP contribution is 2.33. The fourth-order valence-electron chi connectivity index (χ4n) is 1.99. The molecule has 0 atom stereocenters. The zero-order valence-corrected chi connectivity index (χ0v) is 13.0. The standard InChI is InChI=1S/C15H14ClN3OS/c1-2-20-10-4-5-12-13(8-10)19-15(18-12)21-14-6-3-9(16)7-11(14)17/h3-8H,2,17H2,1H3,(H,18,19). The maximum Gasteiger partial charge on any atom is 0.171 e. The summed E-state index contributed by atoms with van der Waals surface area (Å²) in [7, 11) is 0. The number of nitrogens with one attached hydrogen (secondary N) is 1. The van der Waals surface area contributed by atoms with Gasteiger partial charge in [0.2, 0.25) is 0 Å². The monoisotopic (exact) mass is 319 g/mol. The van der Waals surface area contributed by atoms with Crippen LogP contribution in [0.2, 0.25) is 5.02 Å². The zero-order valence-electron chi connectivity index (χ0n) is 11.4. The number of H-pyrrole nitrogens is 1. The predicted molar refractivity (Wildman–Crippen MR) is 87.3 cm³/mol. The van der Waals surface area contributed by atoms with Crippen molar-refractivity contribution < 1.29 is 4.74 Å². The number of ether oxygens (including phenoxy) is 1. The molecule has 0 aliphatic rings. The number of aromatic amines is 1. The molecule has 0 fully saturated rings. The van der Waals surface area contributed by atoms with Crippen LogP contribution in [0.15, 0.2) is 46.5 Å². The van der Waals surface area contributed by atoms with Crippen molar-refractivity contribution in [3.05, 3.63) is 41.4 Å². The van der Waals surface area contributed by atoms with Gasteiger partial charge in [0.25, 0.3) is 0 Å². The second-order valence-corrected chi connectivity index (χ2v) is 5.91. The summed E-state index contributed by atoms with van der Waals surface area (Å²) >= 11 is 7.38. The van der Waals surface area contributed by atoms with Crippen molar-refractivity contribution in [1.29, 1.82) is 0 Å². The molecule has 0 unspecified atom stereocenters. The number of nitrogens with zero attached hydrogens (tertiary/aromatic N) is 1. The normalized spacial score (nSPS) is 11.0. The molecule has 4 nitrogen and oxygen atoms in total. The number of nitrogen functional groups attached to an aromatic ring is 1. The van der Waals surface area contributed by atoms with Gasteiger partial charge in [-0.2, -0.15) is 0 Å². The van der Waals surface area contributed by atoms with E-state index in [2.05, 4.69) is 9.97 Å². The van der Waals surface area contributed by atoms with Gasteiger partial charge in [-0.25, -0.2) is 4.98 Å². The van der Waals surface area contributed by atoms with Crippen LogP contribution in [0.1, 0.15) is 6.92 Å². The minimum Gasteiger partial charge on any atom is -0.494 e. The average molecular weight is 320 g/mol. The molecular weight excluding hydrogens is 306 g/mol. The smallest absolute Gasteiger partial charge is 0.171 e. The summed E-state index contributed by atoms with van der Waals surface area (Å²) in [5, 5.41) is 1.41. The maximum atomic E-state index is 5.96. The van der Waals surface area contributed by atoms with Crippen molar-refractivity contribution >= 4 is 40.1 Å². The number of hydrogen-bond donors (Lipinski definition) is 2. The summed E-state index contributed by atoms with van der Waals surface area (Å²) in [6.07, 6.45) is 0. The Bertz CT molecular complexity index is 788. The molecule has 0 amide bonds. The van der Waals surface area contributed by atoms with Crippen molar-refractivity contribution in [2.45, 2.75) is 17.0 Å². The van der Waals surface area contributed by atoms with Crippen LogP contribution in [0, 0.1) is 0 Å². The molecule has 6 heteroatoms. The number of imidazole rings is 1. The molecule has 3 rings (SSSR count). The maximum absolute atomic E-state index is 5.96. The number of halogens is 1. The number of aromatic nitrogens is 2. The van der Waals surface area contributed by atoms with E-state index in [1.54, 1.807) is 6.07 Å². The Balaban J connectivity index is 1.90. The lowest BCUT2D eigenvalue weighted by Gasteiger charge is -2.02. The van der Waals surface area contributed by atoms with Gasteiger partial charge < -0.3 is 15.5 Å². The molecule has 2 aromatic carbocycles. The average Bonchev–Trinajstić information content (AvgIpc) is 2.84. The summed E-state index contributed by atoms with van der Waals surface area (Å²) in [5.74, 6) is 0.830. The first-order valence-corrected chi connectivity index (χ1v) is 7.70. The first kappa shape index (κ1) is 14.1. The van der Waals surface area contributed by atoms with E-state index < -0.39 is 0 Å². The Hall–Kier alpha value is -1.85. The van der Waals surface area contributed by atoms with Crippen LogP contribution in [0.4, 0.5) is 5.69 Å². The molecule has 0 aliphatic heterocycles. The molecule has 108 valence electrons. The second-order valence-electron chi connectivity index (χ2n) is 4.44. The number of hydrogen-bond acceptors (Lipinski definition) is 4. The van der Waals surface area contributed by atoms with Crippen LogP contribution in [-0.2, 0) is 0 Å². The number of benzene rings is 2. The molecule has 0 bridgehead atoms. The fourth-order valence-corrected chi connectivity index (χ4v) is 2.99. The minimum absolute atomic E-state index is 0.628. The van der Waals surface area contributed by atoms with E-state index in [1.807, 2.05) is 37.3 Å². The zero-order chi connectivity index (χ0) is 14.8. The predicted octanol–water partition coefficient (Wildman–Crippen LogP) is 4.35. The highest BCUT2D eigenvalue weighted by molar-refractivity contribution is 7.99. The van der Waals surface area contributed by atoms with E-state index in [-0.39, 0.29) is 0 Å². The van der Waals surface area contributed by atoms with Crippen LogP contribution in [0.25, 0.3) is 11.0 Å². The lowest BCUT2D eigenvalue weighted by molar-refractivity contribution is 0.340. The molecule has 3 aromatic rings. The van der Waals surface area contributed by atoms with E-state index in [1.165, 1.54) is 11.8 Å². The molecule has 1 aromatic heterocycles. The van der Waals surface area contributed by atoms with Gasteiger partial charge in [-0.1, -0.05) is 11.6 Å². The van der Waals surface area contributed by atoms with Crippen molar-refractivity contribution in [2.75, 3.05) is 12.3 Å². The lowest BCUT2D eigenvalue weighted by Crippen LogP contribution is -1.90. The van der Waals surface area contributed by atoms with Gasteiger partial charge in [-0.05, 0) is 49.0 Å². The molecular formula is C15H14ClN3OS. The molecule has 0 saturated carbocycles. The van der Waals surface area contributed by atoms with E-state index in [0.29, 0.717) is 17.3 Å². The summed E-state index contributed by atoms with van der Waals surface area (Å²) in [6.45, 7) is 2.60. The number of anilines is 1. The first-order valence-electron chi connectivity index (χ1n) is 6.51. The first-order chi connectivity index (χ1) is 10.2. The van der Waals surface area contributed by atoms with Gasteiger partial charge in [0.05, 0.1) is 17.6 Å². The molecule has 0 radical (unpaired) electrons. The molecule has 0 spiro atoms. The highest BCUT2D eigenvalue weighted by atomic mass is 35.5. The Kier molecular flexibility index (Phi) is 3.94. The molecule has 1 heterocycles. The second kappa shape index (κ2) is 5.87. The van der Waals surface area contributed by atoms with E-state index in [4.69, 9.17) is 22.1 Å². The van der Waals surface area contributed by atoms with Crippen LogP contribution in [0.5, 0.6) is 5.75 Å². The third-order valence-corrected chi connectivity index (χ3v) is 4.13. The fraction of sp³-hybridized carbons (Fsp3) is 0.133.